The van der Waals surface area contributed by atoms with Crippen LogP contribution in [-0.2, 0) is 28.8 Å². The number of phenols is 1. The number of aromatic hydroxyl groups is 1. The summed E-state index contributed by atoms with van der Waals surface area (Å²) in [6.07, 6.45) is -0.102. The number of amides is 5. The molecule has 2 heterocycles. The molecule has 6 N–H and O–H groups in total. The highest BCUT2D eigenvalue weighted by atomic mass is 16.5. The van der Waals surface area contributed by atoms with Gasteiger partial charge < -0.3 is 45.8 Å². The van der Waals surface area contributed by atoms with E-state index in [4.69, 9.17) is 9.84 Å². The highest BCUT2D eigenvalue weighted by Crippen LogP contribution is 2.26. The van der Waals surface area contributed by atoms with Gasteiger partial charge in [0.1, 0.15) is 36.2 Å². The van der Waals surface area contributed by atoms with Gasteiger partial charge in [-0.1, -0.05) is 0 Å². The minimum atomic E-state index is -1.25. The quantitative estimate of drug-likeness (QED) is 0.167. The maximum absolute atomic E-state index is 13.4. The van der Waals surface area contributed by atoms with E-state index in [1.54, 1.807) is 0 Å². The van der Waals surface area contributed by atoms with Crippen LogP contribution in [-0.4, -0.2) is 118 Å². The predicted molar refractivity (Wildman–Crippen MR) is 136 cm³/mol. The van der Waals surface area contributed by atoms with E-state index in [2.05, 4.69) is 16.0 Å². The van der Waals surface area contributed by atoms with Crippen molar-refractivity contribution in [2.75, 3.05) is 32.8 Å². The summed E-state index contributed by atoms with van der Waals surface area (Å²) in [5.74, 6) is -3.88. The number of hydrogen-bond acceptors (Lipinski definition) is 9. The maximum Gasteiger partial charge on any atom is 0.322 e. The van der Waals surface area contributed by atoms with Crippen molar-refractivity contribution < 1.29 is 48.8 Å². The van der Waals surface area contributed by atoms with Gasteiger partial charge >= 0.3 is 5.97 Å². The molecule has 2 aliphatic rings. The smallest absolute Gasteiger partial charge is 0.322 e. The minimum absolute atomic E-state index is 0.0471. The van der Waals surface area contributed by atoms with Gasteiger partial charge in [0.15, 0.2) is 6.61 Å². The van der Waals surface area contributed by atoms with Crippen LogP contribution in [0.25, 0.3) is 0 Å². The fraction of sp³-hybridized carbons (Fsp3) is 0.520. The number of carbonyl (C=O) groups is 6. The van der Waals surface area contributed by atoms with Crippen LogP contribution < -0.4 is 20.7 Å². The van der Waals surface area contributed by atoms with E-state index in [9.17, 15) is 39.0 Å². The van der Waals surface area contributed by atoms with Crippen molar-refractivity contribution in [1.29, 1.82) is 0 Å². The van der Waals surface area contributed by atoms with Crippen molar-refractivity contribution in [3.63, 3.8) is 0 Å². The molecule has 2 fully saturated rings. The number of aliphatic hydroxyl groups is 1. The predicted octanol–water partition coefficient (Wildman–Crippen LogP) is -2.45. The summed E-state index contributed by atoms with van der Waals surface area (Å²) in [5.41, 5.74) is 0. The van der Waals surface area contributed by atoms with E-state index in [-0.39, 0.29) is 25.3 Å². The molecule has 15 heteroatoms. The van der Waals surface area contributed by atoms with Crippen LogP contribution in [0.5, 0.6) is 11.5 Å². The van der Waals surface area contributed by atoms with Crippen LogP contribution in [0.4, 0.5) is 0 Å². The Morgan fingerprint density at radius 2 is 1.73 bits per heavy atom. The number of β-amino-alcohol motifs (C(OH)–C–C–N with tert-alkyl or cyclic N) is 1. The highest BCUT2D eigenvalue weighted by Gasteiger charge is 2.44. The Morgan fingerprint density at radius 1 is 1.02 bits per heavy atom. The molecule has 0 aromatic heterocycles. The summed E-state index contributed by atoms with van der Waals surface area (Å²) < 4.78 is 5.47. The van der Waals surface area contributed by atoms with E-state index >= 15 is 0 Å². The van der Waals surface area contributed by atoms with Crippen LogP contribution >= 0.6 is 0 Å². The fourth-order valence-corrected chi connectivity index (χ4v) is 4.55. The fourth-order valence-electron chi connectivity index (χ4n) is 4.55. The molecule has 4 atom stereocenters. The number of aliphatic hydroxyl groups excluding tert-OH is 1. The summed E-state index contributed by atoms with van der Waals surface area (Å²) >= 11 is 0. The first-order valence-corrected chi connectivity index (χ1v) is 12.7. The van der Waals surface area contributed by atoms with Crippen molar-refractivity contribution in [3.05, 3.63) is 24.3 Å². The van der Waals surface area contributed by atoms with Crippen molar-refractivity contribution in [2.24, 2.45) is 0 Å². The number of hydrogen-bond donors (Lipinski definition) is 6. The monoisotopic (exact) mass is 563 g/mol. The van der Waals surface area contributed by atoms with Crippen molar-refractivity contribution in [3.8, 4) is 11.5 Å². The molecule has 0 radical (unpaired) electrons. The normalized spacial score (nSPS) is 20.9. The Kier molecular flexibility index (Phi) is 10.2. The first kappa shape index (κ1) is 30.1. The second-order valence-corrected chi connectivity index (χ2v) is 9.54. The third kappa shape index (κ3) is 8.05. The minimum Gasteiger partial charge on any atom is -0.508 e. The van der Waals surface area contributed by atoms with Crippen molar-refractivity contribution >= 4 is 35.5 Å². The van der Waals surface area contributed by atoms with E-state index in [1.807, 2.05) is 0 Å². The second kappa shape index (κ2) is 13.6. The average Bonchev–Trinajstić information content (AvgIpc) is 3.56. The molecule has 0 bridgehead atoms. The lowest BCUT2D eigenvalue weighted by molar-refractivity contribution is -0.147. The third-order valence-electron chi connectivity index (χ3n) is 6.53. The number of nitrogens with zero attached hydrogens (tertiary/aromatic N) is 2. The van der Waals surface area contributed by atoms with Gasteiger partial charge in [-0.2, -0.15) is 0 Å². The standard InChI is InChI=1S/C25H33N5O10/c1-14(23(37)27-11-22(35)36)28-20(33)10-26-24(38)19-9-16(32)12-30(19)25(39)18-3-2-8-29(18)21(34)13-40-17-6-4-15(31)5-7-17/h4-7,14,16,18-19,31-32H,2-3,8-13H2,1H3,(H,26,38)(H,27,37)(H,28,33)(H,35,36)/t14-,16+,18-,19-/m0/s1. The molecule has 2 saturated heterocycles. The highest BCUT2D eigenvalue weighted by molar-refractivity contribution is 5.95. The summed E-state index contributed by atoms with van der Waals surface area (Å²) in [5, 5.41) is 35.0. The molecule has 40 heavy (non-hydrogen) atoms. The number of ether oxygens (including phenoxy) is 1. The molecule has 1 aromatic rings. The third-order valence-corrected chi connectivity index (χ3v) is 6.53. The van der Waals surface area contributed by atoms with Gasteiger partial charge in [0.05, 0.1) is 12.6 Å². The SMILES string of the molecule is C[C@H](NC(=O)CNC(=O)[C@@H]1C[C@@H](O)CN1C(=O)[C@@H]1CCCN1C(=O)COc1ccc(O)cc1)C(=O)NCC(=O)O. The molecule has 0 saturated carbocycles. The zero-order valence-electron chi connectivity index (χ0n) is 21.9. The second-order valence-electron chi connectivity index (χ2n) is 9.54. The van der Waals surface area contributed by atoms with Crippen molar-refractivity contribution in [1.82, 2.24) is 25.8 Å². The van der Waals surface area contributed by atoms with Crippen LogP contribution in [0.15, 0.2) is 24.3 Å². The molecule has 5 amide bonds. The van der Waals surface area contributed by atoms with Crippen LogP contribution in [0.2, 0.25) is 0 Å². The molecule has 3 rings (SSSR count). The summed E-state index contributed by atoms with van der Waals surface area (Å²) in [6, 6.07) is 2.85. The van der Waals surface area contributed by atoms with Crippen LogP contribution in [0.1, 0.15) is 26.2 Å². The van der Waals surface area contributed by atoms with E-state index in [0.29, 0.717) is 25.1 Å². The molecule has 0 aliphatic carbocycles. The summed E-state index contributed by atoms with van der Waals surface area (Å²) in [6.45, 7) is 0.0794. The van der Waals surface area contributed by atoms with Crippen molar-refractivity contribution in [2.45, 2.75) is 50.4 Å². The average molecular weight is 564 g/mol. The number of aliphatic carboxylic acids is 1. The number of carboxylic acids is 1. The Bertz CT molecular complexity index is 1130. The lowest BCUT2D eigenvalue weighted by Crippen LogP contribution is -2.54. The largest absolute Gasteiger partial charge is 0.508 e. The van der Waals surface area contributed by atoms with Crippen LogP contribution in [0.3, 0.4) is 0 Å². The number of phenolic OH excluding ortho intramolecular Hbond substituents is 1. The lowest BCUT2D eigenvalue weighted by Gasteiger charge is -2.30. The zero-order valence-corrected chi connectivity index (χ0v) is 21.9. The molecule has 15 nitrogen and oxygen atoms in total. The van der Waals surface area contributed by atoms with E-state index in [0.717, 1.165) is 0 Å². The maximum atomic E-state index is 13.4. The topological polar surface area (TPSA) is 215 Å². The Morgan fingerprint density at radius 3 is 2.40 bits per heavy atom. The molecular weight excluding hydrogens is 530 g/mol. The zero-order chi connectivity index (χ0) is 29.4. The lowest BCUT2D eigenvalue weighted by atomic mass is 10.1. The summed E-state index contributed by atoms with van der Waals surface area (Å²) in [7, 11) is 0. The number of benzene rings is 1. The molecule has 2 aliphatic heterocycles. The number of carbonyl (C=O) groups excluding carboxylic acids is 5. The Hall–Kier alpha value is -4.40. The van der Waals surface area contributed by atoms with Gasteiger partial charge in [0.2, 0.25) is 23.6 Å². The molecular formula is C25H33N5O10. The molecule has 1 aromatic carbocycles. The first-order valence-electron chi connectivity index (χ1n) is 12.7. The molecule has 0 unspecified atom stereocenters. The van der Waals surface area contributed by atoms with Crippen LogP contribution in [0, 0.1) is 0 Å². The van der Waals surface area contributed by atoms with E-state index < -0.39 is 72.8 Å². The Balaban J connectivity index is 1.53. The molecule has 0 spiro atoms. The number of rotatable bonds is 11. The van der Waals surface area contributed by atoms with Gasteiger partial charge in [-0.15, -0.1) is 0 Å². The van der Waals surface area contributed by atoms with E-state index in [1.165, 1.54) is 41.0 Å². The first-order chi connectivity index (χ1) is 19.0. The number of carboxylic acid groups (broad SMARTS) is 1. The number of likely N-dealkylation sites (tertiary alicyclic amines) is 2. The summed E-state index contributed by atoms with van der Waals surface area (Å²) in [4.78, 5) is 76.2. The molecule has 218 valence electrons. The number of nitrogens with one attached hydrogen (secondary N) is 3. The van der Waals surface area contributed by atoms with Gasteiger partial charge in [0, 0.05) is 19.5 Å². The van der Waals surface area contributed by atoms with Gasteiger partial charge in [0.25, 0.3) is 5.91 Å². The Labute approximate surface area is 229 Å². The van der Waals surface area contributed by atoms with Gasteiger partial charge in [-0.3, -0.25) is 28.8 Å². The van der Waals surface area contributed by atoms with Gasteiger partial charge in [-0.25, -0.2) is 0 Å². The van der Waals surface area contributed by atoms with Gasteiger partial charge in [-0.05, 0) is 44.0 Å².